The maximum Gasteiger partial charge on any atom is 0.330 e. The number of ether oxygens (including phenoxy) is 2. The van der Waals surface area contributed by atoms with Crippen LogP contribution in [0.3, 0.4) is 0 Å². The molecule has 8 heteroatoms. The number of aliphatic imine (C=N–C) groups is 1. The van der Waals surface area contributed by atoms with Crippen LogP contribution in [-0.2, 0) is 10.3 Å². The highest BCUT2D eigenvalue weighted by Crippen LogP contribution is 2.40. The lowest BCUT2D eigenvalue weighted by atomic mass is 9.80. The summed E-state index contributed by atoms with van der Waals surface area (Å²) in [4.78, 5) is 10.2. The van der Waals surface area contributed by atoms with Gasteiger partial charge in [-0.05, 0) is 16.7 Å². The topological polar surface area (TPSA) is 80.1 Å². The minimum absolute atomic E-state index is 0.0119. The van der Waals surface area contributed by atoms with E-state index in [0.717, 1.165) is 28.2 Å². The van der Waals surface area contributed by atoms with Crippen molar-refractivity contribution in [2.24, 2.45) is 4.99 Å². The molecule has 1 heterocycles. The van der Waals surface area contributed by atoms with Gasteiger partial charge in [0.1, 0.15) is 18.3 Å². The molecule has 1 aromatic heterocycles. The van der Waals surface area contributed by atoms with E-state index in [1.165, 1.54) is 0 Å². The normalized spacial score (nSPS) is 12.5. The third kappa shape index (κ3) is 6.10. The summed E-state index contributed by atoms with van der Waals surface area (Å²) in [5.74, 6) is 0. The fourth-order valence-corrected chi connectivity index (χ4v) is 4.15. The van der Waals surface area contributed by atoms with Gasteiger partial charge in [0.25, 0.3) is 0 Å². The number of nitrogens with zero attached hydrogens (tertiary/aromatic N) is 4. The quantitative estimate of drug-likeness (QED) is 0.190. The summed E-state index contributed by atoms with van der Waals surface area (Å²) < 4.78 is 16.4. The Kier molecular flexibility index (Phi) is 8.20. The summed E-state index contributed by atoms with van der Waals surface area (Å²) in [5.41, 5.74) is 2.00. The summed E-state index contributed by atoms with van der Waals surface area (Å²) in [6.45, 7) is 0.0243. The summed E-state index contributed by atoms with van der Waals surface area (Å²) in [5, 5.41) is 11.2. The zero-order valence-electron chi connectivity index (χ0n) is 19.7. The van der Waals surface area contributed by atoms with Crippen LogP contribution in [0, 0.1) is 0 Å². The van der Waals surface area contributed by atoms with E-state index in [4.69, 9.17) is 9.47 Å². The molecule has 0 radical (unpaired) electrons. The first-order valence-corrected chi connectivity index (χ1v) is 12.0. The monoisotopic (exact) mass is 488 g/mol. The number of rotatable bonds is 11. The third-order valence-corrected chi connectivity index (χ3v) is 5.84. The highest BCUT2D eigenvalue weighted by molar-refractivity contribution is 7.09. The molecular formula is C27H28N4O3S. The smallest absolute Gasteiger partial charge is 0.330 e. The minimum atomic E-state index is -0.905. The Morgan fingerprint density at radius 1 is 0.886 bits per heavy atom. The van der Waals surface area contributed by atoms with Gasteiger partial charge in [-0.3, -0.25) is 0 Å². The Bertz CT molecular complexity index is 1100. The lowest BCUT2D eigenvalue weighted by Crippen LogP contribution is -2.37. The van der Waals surface area contributed by atoms with Crippen molar-refractivity contribution < 1.29 is 14.6 Å². The molecule has 3 aromatic carbocycles. The van der Waals surface area contributed by atoms with Crippen LogP contribution < -0.4 is 4.74 Å². The first-order chi connectivity index (χ1) is 17.1. The van der Waals surface area contributed by atoms with Crippen LogP contribution in [0.1, 0.15) is 16.7 Å². The minimum Gasteiger partial charge on any atom is -0.460 e. The van der Waals surface area contributed by atoms with Gasteiger partial charge < -0.3 is 19.5 Å². The molecule has 1 atom stereocenters. The van der Waals surface area contributed by atoms with Gasteiger partial charge >= 0.3 is 6.01 Å². The number of aromatic nitrogens is 2. The van der Waals surface area contributed by atoms with E-state index in [0.29, 0.717) is 5.13 Å². The van der Waals surface area contributed by atoms with E-state index >= 15 is 0 Å². The highest BCUT2D eigenvalue weighted by atomic mass is 32.1. The van der Waals surface area contributed by atoms with Gasteiger partial charge in [0.2, 0.25) is 5.13 Å². The molecule has 4 rings (SSSR count). The van der Waals surface area contributed by atoms with Crippen LogP contribution in [-0.4, -0.2) is 59.1 Å². The van der Waals surface area contributed by atoms with Crippen molar-refractivity contribution >= 4 is 23.0 Å². The predicted molar refractivity (Wildman–Crippen MR) is 138 cm³/mol. The lowest BCUT2D eigenvalue weighted by Gasteiger charge is -2.36. The largest absolute Gasteiger partial charge is 0.460 e. The van der Waals surface area contributed by atoms with Gasteiger partial charge in [-0.25, -0.2) is 4.99 Å². The summed E-state index contributed by atoms with van der Waals surface area (Å²) >= 11 is 1.13. The van der Waals surface area contributed by atoms with E-state index < -0.39 is 11.7 Å². The summed E-state index contributed by atoms with van der Waals surface area (Å²) in [6.07, 6.45) is 0.742. The van der Waals surface area contributed by atoms with Crippen molar-refractivity contribution in [3.05, 3.63) is 108 Å². The molecule has 0 saturated heterocycles. The number of hydrogen-bond acceptors (Lipinski definition) is 7. The second kappa shape index (κ2) is 11.7. The fraction of sp³-hybridized carbons (Fsp3) is 0.222. The Labute approximate surface area is 209 Å². The van der Waals surface area contributed by atoms with Crippen LogP contribution in [0.4, 0.5) is 5.13 Å². The van der Waals surface area contributed by atoms with Crippen molar-refractivity contribution in [3.8, 4) is 6.01 Å². The first-order valence-electron chi connectivity index (χ1n) is 11.2. The second-order valence-corrected chi connectivity index (χ2v) is 8.85. The van der Waals surface area contributed by atoms with Gasteiger partial charge in [0.15, 0.2) is 0 Å². The Balaban J connectivity index is 1.54. The average Bonchev–Trinajstić information content (AvgIpc) is 3.36. The molecule has 7 nitrogen and oxygen atoms in total. The Morgan fingerprint density at radius 2 is 1.40 bits per heavy atom. The van der Waals surface area contributed by atoms with Crippen molar-refractivity contribution in [3.63, 3.8) is 0 Å². The molecule has 0 aliphatic heterocycles. The molecule has 0 bridgehead atoms. The summed E-state index contributed by atoms with van der Waals surface area (Å²) in [6, 6.07) is 30.3. The van der Waals surface area contributed by atoms with E-state index in [9.17, 15) is 5.11 Å². The third-order valence-electron chi connectivity index (χ3n) is 5.23. The predicted octanol–water partition coefficient (Wildman–Crippen LogP) is 4.51. The molecule has 180 valence electrons. The van der Waals surface area contributed by atoms with E-state index in [-0.39, 0.29) is 19.2 Å². The molecule has 0 amide bonds. The summed E-state index contributed by atoms with van der Waals surface area (Å²) in [7, 11) is 3.75. The number of aliphatic hydroxyl groups is 1. The maximum atomic E-state index is 10.8. The van der Waals surface area contributed by atoms with Gasteiger partial charge in [-0.2, -0.15) is 4.98 Å². The molecule has 0 aliphatic rings. The first kappa shape index (κ1) is 24.5. The van der Waals surface area contributed by atoms with E-state index in [2.05, 4.69) is 14.3 Å². The van der Waals surface area contributed by atoms with E-state index in [1.807, 2.05) is 110 Å². The van der Waals surface area contributed by atoms with Crippen LogP contribution in [0.25, 0.3) is 0 Å². The Morgan fingerprint density at radius 3 is 1.89 bits per heavy atom. The lowest BCUT2D eigenvalue weighted by molar-refractivity contribution is -0.0500. The van der Waals surface area contributed by atoms with Gasteiger partial charge in [-0.15, -0.1) is 4.37 Å². The molecule has 4 aromatic rings. The van der Waals surface area contributed by atoms with Crippen LogP contribution >= 0.6 is 11.5 Å². The van der Waals surface area contributed by atoms with E-state index in [1.54, 1.807) is 6.34 Å². The molecule has 0 aliphatic carbocycles. The number of aliphatic hydroxyl groups excluding tert-OH is 1. The second-order valence-electron chi connectivity index (χ2n) is 8.12. The molecule has 0 unspecified atom stereocenters. The molecule has 0 saturated carbocycles. The van der Waals surface area contributed by atoms with Gasteiger partial charge in [-0.1, -0.05) is 91.0 Å². The molecule has 0 fully saturated rings. The number of hydrogen-bond donors (Lipinski definition) is 1. The standard InChI is InChI=1S/C27H28N4O3S/c1-31(2)20-28-26-29-25(30-35-26)33-18-24(32)19-34-27(21-12-6-3-7-13-21,22-14-8-4-9-15-22)23-16-10-5-11-17-23/h3-17,20,24,32H,18-19H2,1-2H3/b28-20+/t24-/m0/s1. The number of benzene rings is 3. The van der Waals surface area contributed by atoms with Crippen molar-refractivity contribution in [1.29, 1.82) is 0 Å². The SMILES string of the molecule is CN(C)/C=N/c1nc(OC[C@H](O)COC(c2ccccc2)(c2ccccc2)c2ccccc2)ns1. The molecule has 35 heavy (non-hydrogen) atoms. The molecular weight excluding hydrogens is 460 g/mol. The fourth-order valence-electron chi connectivity index (χ4n) is 3.69. The van der Waals surface area contributed by atoms with Crippen molar-refractivity contribution in [2.75, 3.05) is 27.3 Å². The highest BCUT2D eigenvalue weighted by Gasteiger charge is 2.38. The Hall–Kier alpha value is -3.59. The molecule has 1 N–H and O–H groups in total. The maximum absolute atomic E-state index is 10.8. The average molecular weight is 489 g/mol. The van der Waals surface area contributed by atoms with Gasteiger partial charge in [0.05, 0.1) is 12.9 Å². The zero-order chi connectivity index (χ0) is 24.5. The van der Waals surface area contributed by atoms with Gasteiger partial charge in [0, 0.05) is 25.6 Å². The van der Waals surface area contributed by atoms with Crippen molar-refractivity contribution in [1.82, 2.24) is 14.3 Å². The zero-order valence-corrected chi connectivity index (χ0v) is 20.5. The van der Waals surface area contributed by atoms with Crippen LogP contribution in [0.15, 0.2) is 96.0 Å². The van der Waals surface area contributed by atoms with Crippen LogP contribution in [0.5, 0.6) is 6.01 Å². The molecule has 0 spiro atoms. The van der Waals surface area contributed by atoms with Crippen LogP contribution in [0.2, 0.25) is 0 Å². The van der Waals surface area contributed by atoms with Crippen molar-refractivity contribution in [2.45, 2.75) is 11.7 Å².